The molecule has 0 unspecified atom stereocenters. The van der Waals surface area contributed by atoms with Gasteiger partial charge in [0.05, 0.1) is 0 Å². The van der Waals surface area contributed by atoms with Crippen molar-refractivity contribution in [2.24, 2.45) is 0 Å². The third kappa shape index (κ3) is 3.40. The van der Waals surface area contributed by atoms with E-state index in [4.69, 9.17) is 0 Å². The molecule has 0 radical (unpaired) electrons. The van der Waals surface area contributed by atoms with Gasteiger partial charge < -0.3 is 4.90 Å². The van der Waals surface area contributed by atoms with E-state index in [1.807, 2.05) is 43.3 Å². The Morgan fingerprint density at radius 1 is 1.10 bits per heavy atom. The van der Waals surface area contributed by atoms with Crippen LogP contribution in [0.3, 0.4) is 0 Å². The van der Waals surface area contributed by atoms with Gasteiger partial charge in [0.15, 0.2) is 6.29 Å². The predicted octanol–water partition coefficient (Wildman–Crippen LogP) is 4.69. The minimum absolute atomic E-state index is 0.768. The Bertz CT molecular complexity index is 644. The molecule has 0 amide bonds. The summed E-state index contributed by atoms with van der Waals surface area (Å²) in [5.41, 5.74) is 5.08. The summed E-state index contributed by atoms with van der Waals surface area (Å²) in [4.78, 5) is 13.5. The topological polar surface area (TPSA) is 20.3 Å². The Morgan fingerprint density at radius 3 is 2.43 bits per heavy atom. The molecule has 0 N–H and O–H groups in total. The summed E-state index contributed by atoms with van der Waals surface area (Å²) in [6.45, 7) is 4.09. The van der Waals surface area contributed by atoms with Crippen LogP contribution in [0.4, 0.5) is 5.69 Å². The molecule has 0 aliphatic rings. The van der Waals surface area contributed by atoms with E-state index in [1.165, 1.54) is 5.70 Å². The van der Waals surface area contributed by atoms with E-state index in [9.17, 15) is 4.79 Å². The fourth-order valence-corrected chi connectivity index (χ4v) is 2.42. The molecule has 0 fully saturated rings. The van der Waals surface area contributed by atoms with E-state index in [2.05, 4.69) is 37.1 Å². The minimum Gasteiger partial charge on any atom is -0.348 e. The molecule has 0 saturated carbocycles. The van der Waals surface area contributed by atoms with Crippen molar-refractivity contribution in [3.63, 3.8) is 0 Å². The van der Waals surface area contributed by atoms with Crippen LogP contribution in [-0.2, 0) is 0 Å². The number of carbonyl (C=O) groups is 1. The molecule has 0 atom stereocenters. The van der Waals surface area contributed by atoms with Crippen LogP contribution in [0.1, 0.15) is 34.8 Å². The highest BCUT2D eigenvalue weighted by Crippen LogP contribution is 2.22. The van der Waals surface area contributed by atoms with Crippen LogP contribution in [-0.4, -0.2) is 13.3 Å². The predicted molar refractivity (Wildman–Crippen MR) is 89.7 cm³/mol. The third-order valence-corrected chi connectivity index (χ3v) is 3.73. The van der Waals surface area contributed by atoms with E-state index >= 15 is 0 Å². The lowest BCUT2D eigenvalue weighted by molar-refractivity contribution is 0.112. The molecule has 2 heteroatoms. The van der Waals surface area contributed by atoms with Crippen molar-refractivity contribution in [1.29, 1.82) is 0 Å². The summed E-state index contributed by atoms with van der Waals surface area (Å²) < 4.78 is 0. The Morgan fingerprint density at radius 2 is 1.81 bits per heavy atom. The van der Waals surface area contributed by atoms with E-state index in [0.717, 1.165) is 35.1 Å². The van der Waals surface area contributed by atoms with E-state index in [1.54, 1.807) is 0 Å². The van der Waals surface area contributed by atoms with Crippen molar-refractivity contribution in [2.45, 2.75) is 20.3 Å². The summed E-state index contributed by atoms with van der Waals surface area (Å²) in [6, 6.07) is 16.2. The van der Waals surface area contributed by atoms with Gasteiger partial charge in [-0.2, -0.15) is 0 Å². The Hall–Kier alpha value is -2.35. The van der Waals surface area contributed by atoms with E-state index in [-0.39, 0.29) is 0 Å². The van der Waals surface area contributed by atoms with Gasteiger partial charge in [-0.05, 0) is 42.7 Å². The van der Waals surface area contributed by atoms with Gasteiger partial charge in [-0.25, -0.2) is 0 Å². The highest BCUT2D eigenvalue weighted by Gasteiger charge is 2.08. The van der Waals surface area contributed by atoms with Gasteiger partial charge in [-0.1, -0.05) is 43.3 Å². The number of allylic oxidation sites excluding steroid dienone is 1. The number of aldehydes is 1. The van der Waals surface area contributed by atoms with Crippen LogP contribution in [0.5, 0.6) is 0 Å². The average Bonchev–Trinajstić information content (AvgIpc) is 2.53. The number of aryl methyl sites for hydroxylation is 1. The number of nitrogens with zero attached hydrogens (tertiary/aromatic N) is 1. The van der Waals surface area contributed by atoms with Crippen molar-refractivity contribution >= 4 is 18.0 Å². The third-order valence-electron chi connectivity index (χ3n) is 3.73. The summed E-state index contributed by atoms with van der Waals surface area (Å²) in [7, 11) is 2.06. The first-order chi connectivity index (χ1) is 10.2. The van der Waals surface area contributed by atoms with Crippen LogP contribution in [0, 0.1) is 6.92 Å². The Balaban J connectivity index is 2.42. The van der Waals surface area contributed by atoms with E-state index in [0.29, 0.717) is 0 Å². The van der Waals surface area contributed by atoms with Crippen molar-refractivity contribution < 1.29 is 4.79 Å². The average molecular weight is 279 g/mol. The fourth-order valence-electron chi connectivity index (χ4n) is 2.42. The molecule has 0 aromatic heterocycles. The highest BCUT2D eigenvalue weighted by atomic mass is 16.1. The Kier molecular flexibility index (Phi) is 4.94. The zero-order valence-electron chi connectivity index (χ0n) is 12.8. The van der Waals surface area contributed by atoms with Crippen molar-refractivity contribution in [3.8, 4) is 0 Å². The normalized spacial score (nSPS) is 11.3. The standard InChI is InChI=1S/C19H21NO/c1-4-17(20(3)18-11-6-5-7-12-18)13-16-10-8-9-15(2)19(16)14-21/h5-14H,4H2,1-3H3/b17-13-. The zero-order chi connectivity index (χ0) is 15.2. The van der Waals surface area contributed by atoms with Crippen LogP contribution in [0.25, 0.3) is 6.08 Å². The highest BCUT2D eigenvalue weighted by molar-refractivity contribution is 5.84. The number of carbonyl (C=O) groups excluding carboxylic acids is 1. The fraction of sp³-hybridized carbons (Fsp3) is 0.211. The van der Waals surface area contributed by atoms with Gasteiger partial charge in [0, 0.05) is 24.0 Å². The van der Waals surface area contributed by atoms with Gasteiger partial charge in [0.2, 0.25) is 0 Å². The smallest absolute Gasteiger partial charge is 0.150 e. The number of para-hydroxylation sites is 1. The molecule has 0 spiro atoms. The monoisotopic (exact) mass is 279 g/mol. The molecule has 2 aromatic rings. The molecule has 0 aliphatic carbocycles. The molecule has 2 rings (SSSR count). The first kappa shape index (κ1) is 15.0. The van der Waals surface area contributed by atoms with Gasteiger partial charge in [-0.15, -0.1) is 0 Å². The molecule has 2 aromatic carbocycles. The maximum absolute atomic E-state index is 11.3. The number of rotatable bonds is 5. The molecule has 0 heterocycles. The number of hydrogen-bond donors (Lipinski definition) is 0. The maximum Gasteiger partial charge on any atom is 0.150 e. The van der Waals surface area contributed by atoms with Crippen LogP contribution < -0.4 is 4.90 Å². The summed E-state index contributed by atoms with van der Waals surface area (Å²) in [5.74, 6) is 0. The van der Waals surface area contributed by atoms with Gasteiger partial charge in [0.1, 0.15) is 0 Å². The lowest BCUT2D eigenvalue weighted by Crippen LogP contribution is -2.15. The van der Waals surface area contributed by atoms with Crippen molar-refractivity contribution in [3.05, 3.63) is 70.9 Å². The SMILES string of the molecule is CC/C(=C/c1cccc(C)c1C=O)N(C)c1ccccc1. The van der Waals surface area contributed by atoms with Gasteiger partial charge in [0.25, 0.3) is 0 Å². The van der Waals surface area contributed by atoms with Crippen LogP contribution in [0.2, 0.25) is 0 Å². The van der Waals surface area contributed by atoms with Crippen molar-refractivity contribution in [2.75, 3.05) is 11.9 Å². The molecule has 21 heavy (non-hydrogen) atoms. The van der Waals surface area contributed by atoms with E-state index < -0.39 is 0 Å². The molecule has 2 nitrogen and oxygen atoms in total. The maximum atomic E-state index is 11.3. The van der Waals surface area contributed by atoms with Gasteiger partial charge >= 0.3 is 0 Å². The number of benzene rings is 2. The molecule has 0 bridgehead atoms. The van der Waals surface area contributed by atoms with Crippen molar-refractivity contribution in [1.82, 2.24) is 0 Å². The number of hydrogen-bond acceptors (Lipinski definition) is 2. The number of anilines is 1. The lowest BCUT2D eigenvalue weighted by atomic mass is 10.0. The summed E-state index contributed by atoms with van der Waals surface area (Å²) >= 11 is 0. The molecule has 108 valence electrons. The lowest BCUT2D eigenvalue weighted by Gasteiger charge is -2.22. The molecular formula is C19H21NO. The zero-order valence-corrected chi connectivity index (χ0v) is 12.8. The van der Waals surface area contributed by atoms with Crippen LogP contribution >= 0.6 is 0 Å². The largest absolute Gasteiger partial charge is 0.348 e. The first-order valence-electron chi connectivity index (χ1n) is 7.21. The minimum atomic E-state index is 0.768. The molecule has 0 saturated heterocycles. The summed E-state index contributed by atoms with van der Waals surface area (Å²) in [6.07, 6.45) is 3.94. The summed E-state index contributed by atoms with van der Waals surface area (Å²) in [5, 5.41) is 0. The second kappa shape index (κ2) is 6.89. The second-order valence-electron chi connectivity index (χ2n) is 5.08. The molecular weight excluding hydrogens is 258 g/mol. The first-order valence-corrected chi connectivity index (χ1v) is 7.21. The van der Waals surface area contributed by atoms with Gasteiger partial charge in [-0.3, -0.25) is 4.79 Å². The Labute approximate surface area is 126 Å². The molecule has 0 aliphatic heterocycles. The second-order valence-corrected chi connectivity index (χ2v) is 5.08. The quantitative estimate of drug-likeness (QED) is 0.740. The van der Waals surface area contributed by atoms with Crippen LogP contribution in [0.15, 0.2) is 54.2 Å².